The molecule has 3 atom stereocenters. The fourth-order valence-corrected chi connectivity index (χ4v) is 4.50. The Bertz CT molecular complexity index is 1260. The minimum Gasteiger partial charge on any atom is -0.462 e. The molecule has 0 aliphatic rings. The number of nitrogen functional groups attached to an aromatic ring is 1. The van der Waals surface area contributed by atoms with Crippen LogP contribution in [-0.4, -0.2) is 42.9 Å². The van der Waals surface area contributed by atoms with E-state index >= 15 is 0 Å². The molecular weight excluding hydrogens is 560 g/mol. The predicted molar refractivity (Wildman–Crippen MR) is 172 cm³/mol. The number of unbranched alkanes of at least 4 members (excludes halogenated alkanes) is 2. The van der Waals surface area contributed by atoms with Crippen LogP contribution < -0.4 is 11.1 Å². The van der Waals surface area contributed by atoms with Crippen LogP contribution in [-0.2, 0) is 19.1 Å². The molecule has 0 saturated carbocycles. The summed E-state index contributed by atoms with van der Waals surface area (Å²) in [5.41, 5.74) is 6.89. The molecule has 2 aromatic carbocycles. The molecule has 3 N–H and O–H groups in total. The van der Waals surface area contributed by atoms with Gasteiger partial charge in [-0.2, -0.15) is 10.2 Å². The van der Waals surface area contributed by atoms with Crippen molar-refractivity contribution >= 4 is 40.7 Å². The molecule has 0 aliphatic carbocycles. The summed E-state index contributed by atoms with van der Waals surface area (Å²) >= 11 is 0. The van der Waals surface area contributed by atoms with Gasteiger partial charge in [0, 0.05) is 11.4 Å². The number of esters is 2. The van der Waals surface area contributed by atoms with Gasteiger partial charge in [-0.1, -0.05) is 66.2 Å². The van der Waals surface area contributed by atoms with Gasteiger partial charge >= 0.3 is 11.9 Å². The first kappa shape index (κ1) is 36.1. The van der Waals surface area contributed by atoms with Crippen LogP contribution in [0.4, 0.5) is 17.1 Å². The number of nitrogens with zero attached hydrogens (tertiary/aromatic N) is 2. The summed E-state index contributed by atoms with van der Waals surface area (Å²) in [6, 6.07) is 9.32. The lowest BCUT2D eigenvalue weighted by atomic mass is 10.0. The van der Waals surface area contributed by atoms with Crippen molar-refractivity contribution < 1.29 is 28.7 Å². The molecule has 0 spiro atoms. The van der Waals surface area contributed by atoms with Crippen molar-refractivity contribution in [2.24, 2.45) is 22.1 Å². The van der Waals surface area contributed by atoms with Gasteiger partial charge in [0.2, 0.25) is 6.04 Å². The van der Waals surface area contributed by atoms with Crippen LogP contribution in [0.25, 0.3) is 0 Å². The number of rotatable bonds is 19. The summed E-state index contributed by atoms with van der Waals surface area (Å²) < 4.78 is 11.3. The molecule has 0 heterocycles. The van der Waals surface area contributed by atoms with Crippen molar-refractivity contribution in [1.82, 2.24) is 0 Å². The first-order chi connectivity index (χ1) is 21.1. The third-order valence-electron chi connectivity index (χ3n) is 7.53. The van der Waals surface area contributed by atoms with Crippen molar-refractivity contribution in [3.8, 4) is 0 Å². The molecule has 1 amide bonds. The van der Waals surface area contributed by atoms with E-state index in [4.69, 9.17) is 15.2 Å². The van der Waals surface area contributed by atoms with E-state index in [1.807, 2.05) is 0 Å². The van der Waals surface area contributed by atoms with Gasteiger partial charge in [0.15, 0.2) is 5.78 Å². The lowest BCUT2D eigenvalue weighted by Gasteiger charge is -2.17. The summed E-state index contributed by atoms with van der Waals surface area (Å²) in [5, 5.41) is 10.7. The van der Waals surface area contributed by atoms with E-state index in [0.29, 0.717) is 11.4 Å². The Morgan fingerprint density at radius 1 is 0.795 bits per heavy atom. The predicted octanol–water partition coefficient (Wildman–Crippen LogP) is 7.70. The minimum atomic E-state index is -1.43. The van der Waals surface area contributed by atoms with Crippen molar-refractivity contribution in [3.05, 3.63) is 53.6 Å². The molecule has 0 bridgehead atoms. The second-order valence-corrected chi connectivity index (χ2v) is 11.1. The quantitative estimate of drug-likeness (QED) is 0.0718. The van der Waals surface area contributed by atoms with Gasteiger partial charge in [-0.3, -0.25) is 9.59 Å². The van der Waals surface area contributed by atoms with Crippen LogP contribution in [0.3, 0.4) is 0 Å². The van der Waals surface area contributed by atoms with E-state index < -0.39 is 29.7 Å². The average molecular weight is 609 g/mol. The van der Waals surface area contributed by atoms with Gasteiger partial charge < -0.3 is 20.5 Å². The third-order valence-corrected chi connectivity index (χ3v) is 7.53. The van der Waals surface area contributed by atoms with Crippen molar-refractivity contribution in [3.63, 3.8) is 0 Å². The van der Waals surface area contributed by atoms with Gasteiger partial charge in [-0.25, -0.2) is 9.59 Å². The number of carbonyl (C=O) groups excluding carboxylic acids is 4. The second-order valence-electron chi connectivity index (χ2n) is 11.1. The van der Waals surface area contributed by atoms with E-state index in [1.165, 1.54) is 25.1 Å². The lowest BCUT2D eigenvalue weighted by Crippen LogP contribution is -2.31. The summed E-state index contributed by atoms with van der Waals surface area (Å²) in [7, 11) is 0. The maximum atomic E-state index is 13.3. The van der Waals surface area contributed by atoms with Gasteiger partial charge in [0.25, 0.3) is 5.91 Å². The number of hydrogen-bond acceptors (Lipinski definition) is 9. The van der Waals surface area contributed by atoms with E-state index in [2.05, 4.69) is 43.2 Å². The third kappa shape index (κ3) is 11.9. The van der Waals surface area contributed by atoms with Crippen LogP contribution in [0, 0.1) is 11.8 Å². The van der Waals surface area contributed by atoms with Crippen LogP contribution in [0.2, 0.25) is 0 Å². The number of nitrogens with one attached hydrogen (secondary N) is 1. The highest BCUT2D eigenvalue weighted by molar-refractivity contribution is 6.10. The Labute approximate surface area is 261 Å². The summed E-state index contributed by atoms with van der Waals surface area (Å²) in [6.45, 7) is 10.1. The highest BCUT2D eigenvalue weighted by Gasteiger charge is 2.25. The highest BCUT2D eigenvalue weighted by Crippen LogP contribution is 2.24. The fraction of sp³-hybridized carbons (Fsp3) is 0.529. The number of benzene rings is 2. The smallest absolute Gasteiger partial charge is 0.339 e. The van der Waals surface area contributed by atoms with E-state index in [1.54, 1.807) is 24.3 Å². The number of anilines is 2. The van der Waals surface area contributed by atoms with Gasteiger partial charge in [-0.15, -0.1) is 0 Å². The number of ether oxygens (including phenoxy) is 2. The molecule has 0 aliphatic heterocycles. The van der Waals surface area contributed by atoms with Crippen LogP contribution in [0.1, 0.15) is 107 Å². The number of azo groups is 1. The molecule has 0 saturated heterocycles. The second kappa shape index (κ2) is 19.2. The van der Waals surface area contributed by atoms with Crippen LogP contribution >= 0.6 is 0 Å². The molecule has 0 fully saturated rings. The lowest BCUT2D eigenvalue weighted by molar-refractivity contribution is -0.126. The van der Waals surface area contributed by atoms with E-state index in [9.17, 15) is 19.2 Å². The van der Waals surface area contributed by atoms with Crippen molar-refractivity contribution in [1.29, 1.82) is 0 Å². The highest BCUT2D eigenvalue weighted by atomic mass is 16.5. The summed E-state index contributed by atoms with van der Waals surface area (Å²) in [4.78, 5) is 51.5. The molecule has 44 heavy (non-hydrogen) atoms. The zero-order valence-electron chi connectivity index (χ0n) is 26.8. The Morgan fingerprint density at radius 3 is 1.84 bits per heavy atom. The molecule has 2 rings (SSSR count). The Kier molecular flexibility index (Phi) is 15.8. The maximum Gasteiger partial charge on any atom is 0.339 e. The topological polar surface area (TPSA) is 150 Å². The molecule has 10 nitrogen and oxygen atoms in total. The standard InChI is InChI=1S/C34H48N4O6/c1-6-10-12-24(8-3)21-43-33(41)29-19-18-28(20-30(29)34(42)44-22-25(9-4)13-11-7-2)37-38-31(23(5)39)32(40)36-27-16-14-26(35)15-17-27/h14-20,24-25,31H,6-13,21-22,35H2,1-5H3,(H,36,40). The Hall–Kier alpha value is -4.08. The molecule has 10 heteroatoms. The number of amides is 1. The summed E-state index contributed by atoms with van der Waals surface area (Å²) in [5.74, 6) is -2.06. The van der Waals surface area contributed by atoms with Crippen LogP contribution in [0.5, 0.6) is 0 Å². The summed E-state index contributed by atoms with van der Waals surface area (Å²) in [6.07, 6.45) is 7.80. The number of Topliss-reactive ketones (excluding diaryl/α,β-unsaturated/α-hetero) is 1. The number of hydrogen-bond donors (Lipinski definition) is 2. The molecule has 240 valence electrons. The SMILES string of the molecule is CCCCC(CC)COC(=O)c1ccc(N=NC(C(C)=O)C(=O)Nc2ccc(N)cc2)cc1C(=O)OCC(CC)CCCC. The van der Waals surface area contributed by atoms with E-state index in [0.717, 1.165) is 51.4 Å². The minimum absolute atomic E-state index is 0.0101. The zero-order chi connectivity index (χ0) is 32.5. The number of nitrogens with two attached hydrogens (primary N) is 1. The van der Waals surface area contributed by atoms with Crippen molar-refractivity contribution in [2.45, 2.75) is 92.0 Å². The van der Waals surface area contributed by atoms with Crippen LogP contribution in [0.15, 0.2) is 52.7 Å². The molecular formula is C34H48N4O6. The fourth-order valence-electron chi connectivity index (χ4n) is 4.50. The van der Waals surface area contributed by atoms with E-state index in [-0.39, 0.29) is 41.9 Å². The molecule has 3 unspecified atom stereocenters. The molecule has 2 aromatic rings. The first-order valence-corrected chi connectivity index (χ1v) is 15.7. The Morgan fingerprint density at radius 2 is 1.34 bits per heavy atom. The molecule has 0 aromatic heterocycles. The first-order valence-electron chi connectivity index (χ1n) is 15.7. The van der Waals surface area contributed by atoms with Gasteiger partial charge in [-0.05, 0) is 74.1 Å². The van der Waals surface area contributed by atoms with Gasteiger partial charge in [0.1, 0.15) is 0 Å². The largest absolute Gasteiger partial charge is 0.462 e. The maximum absolute atomic E-state index is 13.3. The normalized spacial score (nSPS) is 13.2. The zero-order valence-corrected chi connectivity index (χ0v) is 26.8. The van der Waals surface area contributed by atoms with Crippen molar-refractivity contribution in [2.75, 3.05) is 24.3 Å². The Balaban J connectivity index is 2.31. The van der Waals surface area contributed by atoms with Gasteiger partial charge in [0.05, 0.1) is 30.0 Å². The number of ketones is 1. The molecule has 0 radical (unpaired) electrons. The average Bonchev–Trinajstić information content (AvgIpc) is 3.02. The number of carbonyl (C=O) groups is 4. The monoisotopic (exact) mass is 608 g/mol.